The largest absolute Gasteiger partial charge is 0.505 e. The smallest absolute Gasteiger partial charge is 0.156 e. The Morgan fingerprint density at radius 1 is 0.630 bits per heavy atom. The van der Waals surface area contributed by atoms with Gasteiger partial charge < -0.3 is 10.2 Å². The van der Waals surface area contributed by atoms with Crippen molar-refractivity contribution in [3.05, 3.63) is 66.7 Å². The van der Waals surface area contributed by atoms with Crippen LogP contribution in [0.15, 0.2) is 66.7 Å². The summed E-state index contributed by atoms with van der Waals surface area (Å²) in [4.78, 5) is 8.18. The van der Waals surface area contributed by atoms with Crippen molar-refractivity contribution in [3.63, 3.8) is 0 Å². The zero-order valence-electron chi connectivity index (χ0n) is 13.2. The molecule has 0 spiro atoms. The average Bonchev–Trinajstić information content (AvgIpc) is 2.65. The molecule has 0 saturated carbocycles. The van der Waals surface area contributed by atoms with Gasteiger partial charge in [-0.3, -0.25) is 9.97 Å². The Balaban J connectivity index is 0.000000187. The number of hydrogen-bond acceptors (Lipinski definition) is 4. The van der Waals surface area contributed by atoms with Gasteiger partial charge in [-0.2, -0.15) is 0 Å². The molecule has 4 aromatic rings. The normalized spacial score (nSPS) is 10.2. The molecule has 0 bridgehead atoms. The molecule has 0 unspecified atom stereocenters. The van der Waals surface area contributed by atoms with E-state index in [4.69, 9.17) is 0 Å². The quantitative estimate of drug-likeness (QED) is 0.203. The van der Waals surface area contributed by atoms with Crippen molar-refractivity contribution in [3.8, 4) is 11.5 Å². The number of rotatable bonds is 0. The maximum absolute atomic E-state index is 9.65. The van der Waals surface area contributed by atoms with E-state index in [9.17, 15) is 10.2 Å². The minimum absolute atomic E-state index is 0. The van der Waals surface area contributed by atoms with Crippen LogP contribution in [0.4, 0.5) is 0 Å². The second kappa shape index (κ2) is 9.79. The molecule has 27 heavy (non-hydrogen) atoms. The molecule has 4 rings (SSSR count). The van der Waals surface area contributed by atoms with Gasteiger partial charge in [0, 0.05) is 53.2 Å². The van der Waals surface area contributed by atoms with Crippen molar-refractivity contribution in [2.45, 2.75) is 0 Å². The molecule has 0 radical (unpaired) electrons. The zero-order valence-corrected chi connectivity index (χ0v) is 21.9. The molecule has 0 saturated heterocycles. The molecule has 2 heterocycles. The third-order valence-corrected chi connectivity index (χ3v) is 6.06. The van der Waals surface area contributed by atoms with Gasteiger partial charge in [0.15, 0.2) is 11.5 Å². The Labute approximate surface area is 203 Å². The van der Waals surface area contributed by atoms with Crippen molar-refractivity contribution in [1.82, 2.24) is 9.97 Å². The van der Waals surface area contributed by atoms with Gasteiger partial charge >= 0.3 is 0 Å². The third kappa shape index (κ3) is 4.91. The molecule has 0 aliphatic heterocycles. The number of aromatic nitrogens is 2. The summed E-state index contributed by atoms with van der Waals surface area (Å²) >= 11 is 13.3. The van der Waals surface area contributed by atoms with Gasteiger partial charge in [-0.05, 0) is 56.1 Å². The first-order valence-electron chi connectivity index (χ1n) is 7.23. The predicted molar refractivity (Wildman–Crippen MR) is 118 cm³/mol. The van der Waals surface area contributed by atoms with Crippen LogP contribution in [0.25, 0.3) is 21.8 Å². The summed E-state index contributed by atoms with van der Waals surface area (Å²) in [6.45, 7) is 0. The molecule has 9 heteroatoms. The minimum Gasteiger partial charge on any atom is -0.505 e. The van der Waals surface area contributed by atoms with E-state index in [-0.39, 0.29) is 32.6 Å². The van der Waals surface area contributed by atoms with E-state index in [2.05, 4.69) is 73.7 Å². The second-order valence-corrected chi connectivity index (χ2v) is 8.59. The number of fused-ring (bicyclic) bond motifs is 2. The number of nitrogens with zero attached hydrogens (tertiary/aromatic N) is 2. The fourth-order valence-corrected chi connectivity index (χ4v) is 4.86. The molecule has 0 aliphatic rings. The molecular weight excluding hydrogens is 791 g/mol. The van der Waals surface area contributed by atoms with Crippen molar-refractivity contribution < 1.29 is 31.3 Å². The van der Waals surface area contributed by atoms with Crippen LogP contribution in [0.5, 0.6) is 11.5 Å². The van der Waals surface area contributed by atoms with Crippen LogP contribution < -0.4 is 0 Å². The van der Waals surface area contributed by atoms with Crippen molar-refractivity contribution in [2.75, 3.05) is 0 Å². The maximum atomic E-state index is 9.65. The average molecular weight is 801 g/mol. The van der Waals surface area contributed by atoms with Gasteiger partial charge in [-0.25, -0.2) is 0 Å². The Morgan fingerprint density at radius 2 is 1.00 bits per heavy atom. The minimum atomic E-state index is 0. The zero-order chi connectivity index (χ0) is 18.8. The summed E-state index contributed by atoms with van der Waals surface area (Å²) in [5.74, 6) is 0.359. The van der Waals surface area contributed by atoms with Crippen LogP contribution in [-0.4, -0.2) is 20.2 Å². The Kier molecular flexibility index (Phi) is 8.25. The Bertz CT molecular complexity index is 1040. The van der Waals surface area contributed by atoms with Gasteiger partial charge in [0.25, 0.3) is 0 Å². The summed E-state index contributed by atoms with van der Waals surface area (Å²) in [7, 11) is 0. The summed E-state index contributed by atoms with van der Waals surface area (Å²) in [6.07, 6.45) is 3.31. The Hall–Kier alpha value is -0.532. The van der Waals surface area contributed by atoms with Crippen LogP contribution in [0.2, 0.25) is 0 Å². The summed E-state index contributed by atoms with van der Waals surface area (Å²) < 4.78 is 3.12. The number of phenols is 2. The second-order valence-electron chi connectivity index (χ2n) is 5.18. The summed E-state index contributed by atoms with van der Waals surface area (Å²) in [6, 6.07) is 11.1. The fourth-order valence-electron chi connectivity index (χ4n) is 2.31. The van der Waals surface area contributed by atoms with Gasteiger partial charge in [-0.1, -0.05) is 44.0 Å². The van der Waals surface area contributed by atoms with E-state index in [0.29, 0.717) is 20.0 Å². The molecular formula is C18H10Br4N2O2Pt. The molecule has 2 N–H and O–H groups in total. The van der Waals surface area contributed by atoms with E-state index < -0.39 is 0 Å². The van der Waals surface area contributed by atoms with Crippen LogP contribution in [-0.2, 0) is 21.1 Å². The van der Waals surface area contributed by atoms with Gasteiger partial charge in [0.1, 0.15) is 11.0 Å². The van der Waals surface area contributed by atoms with Crippen LogP contribution in [0, 0.1) is 0 Å². The van der Waals surface area contributed by atoms with Gasteiger partial charge in [0.05, 0.1) is 8.95 Å². The molecule has 0 aliphatic carbocycles. The number of benzene rings is 2. The molecule has 0 fully saturated rings. The first kappa shape index (κ1) is 22.8. The van der Waals surface area contributed by atoms with Crippen LogP contribution in [0.1, 0.15) is 0 Å². The standard InChI is InChI=1S/2C9H5Br2NO.Pt/c2*10-6-4-7(11)9(13)8-5(6)2-1-3-12-8;/h2*1-4,13H;. The van der Waals surface area contributed by atoms with E-state index in [1.165, 1.54) is 0 Å². The number of aromatic hydroxyl groups is 2. The molecule has 2 aromatic heterocycles. The van der Waals surface area contributed by atoms with Crippen molar-refractivity contribution in [2.24, 2.45) is 0 Å². The van der Waals surface area contributed by atoms with Crippen LogP contribution >= 0.6 is 63.7 Å². The SMILES string of the molecule is Oc1c(Br)cc(Br)c2cccnc12.Oc1c(Br)cc(Br)c2cccnc12.[Pt]. The third-order valence-electron chi connectivity index (χ3n) is 3.54. The van der Waals surface area contributed by atoms with E-state index in [1.54, 1.807) is 24.5 Å². The maximum Gasteiger partial charge on any atom is 0.156 e. The van der Waals surface area contributed by atoms with Crippen LogP contribution in [0.3, 0.4) is 0 Å². The number of halogens is 4. The van der Waals surface area contributed by atoms with Gasteiger partial charge in [0.2, 0.25) is 0 Å². The Morgan fingerprint density at radius 3 is 1.37 bits per heavy atom. The van der Waals surface area contributed by atoms with Crippen molar-refractivity contribution in [1.29, 1.82) is 0 Å². The molecule has 0 atom stereocenters. The van der Waals surface area contributed by atoms with E-state index >= 15 is 0 Å². The monoisotopic (exact) mass is 797 g/mol. The predicted octanol–water partition coefficient (Wildman–Crippen LogP) is 6.93. The molecule has 0 amide bonds. The fraction of sp³-hybridized carbons (Fsp3) is 0. The molecule has 2 aromatic carbocycles. The van der Waals surface area contributed by atoms with Gasteiger partial charge in [-0.15, -0.1) is 0 Å². The number of phenolic OH excluding ortho intramolecular Hbond substituents is 2. The number of pyridine rings is 2. The summed E-state index contributed by atoms with van der Waals surface area (Å²) in [5.41, 5.74) is 1.20. The summed E-state index contributed by atoms with van der Waals surface area (Å²) in [5, 5.41) is 21.1. The van der Waals surface area contributed by atoms with Crippen molar-refractivity contribution >= 4 is 85.5 Å². The number of hydrogen-bond donors (Lipinski definition) is 2. The topological polar surface area (TPSA) is 66.2 Å². The first-order chi connectivity index (χ1) is 12.4. The molecule has 142 valence electrons. The van der Waals surface area contributed by atoms with E-state index in [1.807, 2.05) is 24.3 Å². The molecule has 4 nitrogen and oxygen atoms in total. The van der Waals surface area contributed by atoms with E-state index in [0.717, 1.165) is 19.7 Å². The first-order valence-corrected chi connectivity index (χ1v) is 10.4.